The third-order valence-electron chi connectivity index (χ3n) is 4.67. The van der Waals surface area contributed by atoms with Crippen molar-refractivity contribution in [1.29, 1.82) is 0 Å². The van der Waals surface area contributed by atoms with Crippen LogP contribution in [-0.4, -0.2) is 24.6 Å². The van der Waals surface area contributed by atoms with Crippen molar-refractivity contribution in [3.05, 3.63) is 29.3 Å². The molecule has 1 aliphatic heterocycles. The molecule has 0 saturated carbocycles. The third-order valence-corrected chi connectivity index (χ3v) is 4.67. The first kappa shape index (κ1) is 15.3. The Kier molecular flexibility index (Phi) is 5.06. The Morgan fingerprint density at radius 3 is 2.70 bits per heavy atom. The molecule has 3 atom stereocenters. The maximum absolute atomic E-state index is 5.81. The van der Waals surface area contributed by atoms with E-state index >= 15 is 0 Å². The van der Waals surface area contributed by atoms with Crippen LogP contribution in [0.3, 0.4) is 0 Å². The quantitative estimate of drug-likeness (QED) is 0.918. The van der Waals surface area contributed by atoms with Crippen molar-refractivity contribution in [3.63, 3.8) is 0 Å². The van der Waals surface area contributed by atoms with E-state index in [-0.39, 0.29) is 0 Å². The summed E-state index contributed by atoms with van der Waals surface area (Å²) < 4.78 is 5.34. The van der Waals surface area contributed by atoms with Gasteiger partial charge in [-0.25, -0.2) is 0 Å². The van der Waals surface area contributed by atoms with Crippen LogP contribution in [0.2, 0.25) is 0 Å². The minimum absolute atomic E-state index is 0.527. The van der Waals surface area contributed by atoms with Gasteiger partial charge < -0.3 is 10.5 Å². The third kappa shape index (κ3) is 3.33. The van der Waals surface area contributed by atoms with Gasteiger partial charge in [-0.05, 0) is 42.9 Å². The van der Waals surface area contributed by atoms with E-state index in [2.05, 4.69) is 37.8 Å². The summed E-state index contributed by atoms with van der Waals surface area (Å²) in [5.41, 5.74) is 8.23. The summed E-state index contributed by atoms with van der Waals surface area (Å²) in [6, 6.07) is 7.04. The minimum Gasteiger partial charge on any atom is -0.496 e. The molecule has 0 aliphatic carbocycles. The lowest BCUT2D eigenvalue weighted by Gasteiger charge is -2.41. The number of hydrogen-bond donors (Lipinski definition) is 1. The van der Waals surface area contributed by atoms with Crippen LogP contribution in [0.1, 0.15) is 38.3 Å². The summed E-state index contributed by atoms with van der Waals surface area (Å²) in [5, 5.41) is 0. The van der Waals surface area contributed by atoms with Gasteiger partial charge in [-0.2, -0.15) is 0 Å². The van der Waals surface area contributed by atoms with Crippen LogP contribution in [0.15, 0.2) is 18.2 Å². The van der Waals surface area contributed by atoms with E-state index < -0.39 is 0 Å². The van der Waals surface area contributed by atoms with E-state index in [1.807, 2.05) is 6.07 Å². The summed E-state index contributed by atoms with van der Waals surface area (Å²) in [7, 11) is 1.70. The van der Waals surface area contributed by atoms with Gasteiger partial charge >= 0.3 is 0 Å². The standard InChI is InChI=1S/C17H28N2O/c1-12-7-13(2)14(3)19(10-12)11-15-5-6-17(20-4)16(8-15)9-18/h5-6,8,12-14H,7,9-11,18H2,1-4H3. The molecular formula is C17H28N2O. The van der Waals surface area contributed by atoms with Gasteiger partial charge in [-0.3, -0.25) is 4.90 Å². The SMILES string of the molecule is COc1ccc(CN2CC(C)CC(C)C2C)cc1CN. The monoisotopic (exact) mass is 276 g/mol. The van der Waals surface area contributed by atoms with E-state index in [0.29, 0.717) is 12.6 Å². The molecule has 0 aromatic heterocycles. The zero-order valence-electron chi connectivity index (χ0n) is 13.2. The summed E-state index contributed by atoms with van der Waals surface area (Å²) >= 11 is 0. The summed E-state index contributed by atoms with van der Waals surface area (Å²) in [4.78, 5) is 2.60. The average Bonchev–Trinajstić information content (AvgIpc) is 2.44. The Balaban J connectivity index is 2.12. The molecule has 3 heteroatoms. The van der Waals surface area contributed by atoms with Crippen molar-refractivity contribution >= 4 is 0 Å². The van der Waals surface area contributed by atoms with Crippen molar-refractivity contribution in [3.8, 4) is 5.75 Å². The highest BCUT2D eigenvalue weighted by molar-refractivity contribution is 5.37. The van der Waals surface area contributed by atoms with Gasteiger partial charge in [0.2, 0.25) is 0 Å². The first-order valence-corrected chi connectivity index (χ1v) is 7.65. The van der Waals surface area contributed by atoms with Crippen LogP contribution < -0.4 is 10.5 Å². The Labute approximate surface area is 123 Å². The zero-order valence-corrected chi connectivity index (χ0v) is 13.2. The lowest BCUT2D eigenvalue weighted by atomic mass is 9.85. The Morgan fingerprint density at radius 2 is 2.05 bits per heavy atom. The van der Waals surface area contributed by atoms with Gasteiger partial charge in [-0.15, -0.1) is 0 Å². The van der Waals surface area contributed by atoms with Crippen LogP contribution in [0.5, 0.6) is 5.75 Å². The predicted octanol–water partition coefficient (Wildman–Crippen LogP) is 3.02. The first-order chi connectivity index (χ1) is 9.55. The molecule has 0 radical (unpaired) electrons. The van der Waals surface area contributed by atoms with Crippen LogP contribution in [-0.2, 0) is 13.1 Å². The fraction of sp³-hybridized carbons (Fsp3) is 0.647. The summed E-state index contributed by atoms with van der Waals surface area (Å²) in [5.74, 6) is 2.45. The lowest BCUT2D eigenvalue weighted by Crippen LogP contribution is -2.45. The van der Waals surface area contributed by atoms with Gasteiger partial charge in [0.1, 0.15) is 5.75 Å². The van der Waals surface area contributed by atoms with Crippen molar-refractivity contribution in [1.82, 2.24) is 4.90 Å². The Hall–Kier alpha value is -1.06. The van der Waals surface area contributed by atoms with Gasteiger partial charge in [0.15, 0.2) is 0 Å². The molecule has 1 aromatic rings. The molecule has 0 bridgehead atoms. The molecular weight excluding hydrogens is 248 g/mol. The number of piperidine rings is 1. The second kappa shape index (κ2) is 6.59. The van der Waals surface area contributed by atoms with Crippen molar-refractivity contribution < 1.29 is 4.74 Å². The zero-order chi connectivity index (χ0) is 14.7. The molecule has 1 fully saturated rings. The second-order valence-electron chi connectivity index (χ2n) is 6.34. The first-order valence-electron chi connectivity index (χ1n) is 7.65. The molecule has 20 heavy (non-hydrogen) atoms. The number of likely N-dealkylation sites (tertiary alicyclic amines) is 1. The number of rotatable bonds is 4. The molecule has 0 spiro atoms. The highest BCUT2D eigenvalue weighted by Crippen LogP contribution is 2.29. The molecule has 1 heterocycles. The van der Waals surface area contributed by atoms with E-state index in [9.17, 15) is 0 Å². The number of ether oxygens (including phenoxy) is 1. The highest BCUT2D eigenvalue weighted by Gasteiger charge is 2.28. The lowest BCUT2D eigenvalue weighted by molar-refractivity contribution is 0.0729. The van der Waals surface area contributed by atoms with Gasteiger partial charge in [0.05, 0.1) is 7.11 Å². The Morgan fingerprint density at radius 1 is 1.30 bits per heavy atom. The van der Waals surface area contributed by atoms with E-state index in [1.165, 1.54) is 18.5 Å². The fourth-order valence-corrected chi connectivity index (χ4v) is 3.37. The molecule has 1 saturated heterocycles. The molecule has 3 unspecified atom stereocenters. The number of methoxy groups -OCH3 is 1. The largest absolute Gasteiger partial charge is 0.496 e. The van der Waals surface area contributed by atoms with Crippen LogP contribution in [0.25, 0.3) is 0 Å². The molecule has 1 aliphatic rings. The highest BCUT2D eigenvalue weighted by atomic mass is 16.5. The van der Waals surface area contributed by atoms with Crippen LogP contribution in [0, 0.1) is 11.8 Å². The van der Waals surface area contributed by atoms with E-state index in [4.69, 9.17) is 10.5 Å². The maximum Gasteiger partial charge on any atom is 0.123 e. The number of nitrogens with two attached hydrogens (primary N) is 1. The molecule has 2 rings (SSSR count). The average molecular weight is 276 g/mol. The van der Waals surface area contributed by atoms with E-state index in [0.717, 1.165) is 29.7 Å². The molecule has 1 aromatic carbocycles. The van der Waals surface area contributed by atoms with Crippen molar-refractivity contribution in [2.45, 2.75) is 46.3 Å². The molecule has 0 amide bonds. The summed E-state index contributed by atoms with van der Waals surface area (Å²) in [6.07, 6.45) is 1.34. The normalized spacial score (nSPS) is 27.6. The fourth-order valence-electron chi connectivity index (χ4n) is 3.37. The van der Waals surface area contributed by atoms with Crippen molar-refractivity contribution in [2.24, 2.45) is 17.6 Å². The van der Waals surface area contributed by atoms with Gasteiger partial charge in [0.25, 0.3) is 0 Å². The summed E-state index contributed by atoms with van der Waals surface area (Å²) in [6.45, 7) is 9.80. The number of hydrogen-bond acceptors (Lipinski definition) is 3. The second-order valence-corrected chi connectivity index (χ2v) is 6.34. The van der Waals surface area contributed by atoms with Crippen molar-refractivity contribution in [2.75, 3.05) is 13.7 Å². The topological polar surface area (TPSA) is 38.5 Å². The maximum atomic E-state index is 5.81. The van der Waals surface area contributed by atoms with E-state index in [1.54, 1.807) is 7.11 Å². The van der Waals surface area contributed by atoms with Crippen LogP contribution in [0.4, 0.5) is 0 Å². The molecule has 3 nitrogen and oxygen atoms in total. The number of nitrogens with zero attached hydrogens (tertiary/aromatic N) is 1. The molecule has 112 valence electrons. The van der Waals surface area contributed by atoms with Crippen LogP contribution >= 0.6 is 0 Å². The van der Waals surface area contributed by atoms with Gasteiger partial charge in [0, 0.05) is 31.2 Å². The smallest absolute Gasteiger partial charge is 0.123 e. The number of benzene rings is 1. The Bertz CT molecular complexity index is 447. The minimum atomic E-state index is 0.527. The predicted molar refractivity (Wildman–Crippen MR) is 83.7 cm³/mol. The van der Waals surface area contributed by atoms with Gasteiger partial charge in [-0.1, -0.05) is 19.9 Å². The molecule has 2 N–H and O–H groups in total.